The van der Waals surface area contributed by atoms with Crippen molar-refractivity contribution >= 4 is 28.5 Å². The summed E-state index contributed by atoms with van der Waals surface area (Å²) in [6.45, 7) is -0.220. The molecule has 0 spiro atoms. The van der Waals surface area contributed by atoms with Crippen LogP contribution >= 0.6 is 0 Å². The van der Waals surface area contributed by atoms with Gasteiger partial charge in [0.25, 0.3) is 0 Å². The van der Waals surface area contributed by atoms with Crippen molar-refractivity contribution in [1.82, 2.24) is 20.3 Å². The Bertz CT molecular complexity index is 1500. The van der Waals surface area contributed by atoms with Gasteiger partial charge in [0.05, 0.1) is 19.7 Å². The van der Waals surface area contributed by atoms with Gasteiger partial charge in [0, 0.05) is 23.4 Å². The number of hydrogen-bond acceptors (Lipinski definition) is 6. The van der Waals surface area contributed by atoms with Gasteiger partial charge in [-0.05, 0) is 55.3 Å². The van der Waals surface area contributed by atoms with Crippen LogP contribution in [0.5, 0.6) is 11.5 Å². The molecule has 1 fully saturated rings. The zero-order valence-electron chi connectivity index (χ0n) is 22.5. The lowest BCUT2D eigenvalue weighted by atomic mass is 9.94. The third-order valence-electron chi connectivity index (χ3n) is 7.25. The molecule has 0 aliphatic heterocycles. The third-order valence-corrected chi connectivity index (χ3v) is 7.25. The van der Waals surface area contributed by atoms with Gasteiger partial charge in [0.15, 0.2) is 0 Å². The van der Waals surface area contributed by atoms with Crippen molar-refractivity contribution in [1.29, 1.82) is 0 Å². The van der Waals surface area contributed by atoms with Crippen LogP contribution in [0.15, 0.2) is 66.7 Å². The van der Waals surface area contributed by atoms with Crippen LogP contribution < -0.4 is 19.7 Å². The number of carbonyl (C=O) groups excluding carboxylic acids is 2. The van der Waals surface area contributed by atoms with Crippen molar-refractivity contribution in [2.24, 2.45) is 0 Å². The van der Waals surface area contributed by atoms with Gasteiger partial charge < -0.3 is 14.8 Å². The molecule has 1 heterocycles. The molecule has 10 heteroatoms. The number of anilines is 1. The van der Waals surface area contributed by atoms with Crippen molar-refractivity contribution < 1.29 is 23.5 Å². The molecule has 1 N–H and O–H groups in total. The number of rotatable bonds is 9. The Morgan fingerprint density at radius 1 is 1.02 bits per heavy atom. The van der Waals surface area contributed by atoms with Crippen LogP contribution in [0.1, 0.15) is 43.7 Å². The van der Waals surface area contributed by atoms with Gasteiger partial charge in [-0.25, -0.2) is 9.07 Å². The molecule has 4 aromatic rings. The van der Waals surface area contributed by atoms with Crippen molar-refractivity contribution in [2.45, 2.75) is 50.7 Å². The number of hydrogen-bond donors (Lipinski definition) is 1. The van der Waals surface area contributed by atoms with Crippen LogP contribution in [0.2, 0.25) is 0 Å². The number of para-hydroxylation sites is 1. The van der Waals surface area contributed by atoms with E-state index in [1.807, 2.05) is 18.2 Å². The molecule has 1 atom stereocenters. The van der Waals surface area contributed by atoms with E-state index in [1.54, 1.807) is 30.3 Å². The highest BCUT2D eigenvalue weighted by Crippen LogP contribution is 2.36. The molecule has 1 saturated carbocycles. The number of benzene rings is 3. The lowest BCUT2D eigenvalue weighted by Crippen LogP contribution is -2.48. The first-order chi connectivity index (χ1) is 19.5. The molecule has 0 bridgehead atoms. The molecule has 1 aliphatic rings. The summed E-state index contributed by atoms with van der Waals surface area (Å²) in [6, 6.07) is 16.8. The first kappa shape index (κ1) is 27.1. The minimum atomic E-state index is -1.16. The number of ether oxygens (including phenoxy) is 2. The molecule has 0 saturated heterocycles. The molecular weight excluding hydrogens is 513 g/mol. The van der Waals surface area contributed by atoms with Crippen LogP contribution in [0.3, 0.4) is 0 Å². The van der Waals surface area contributed by atoms with Crippen molar-refractivity contribution in [3.05, 3.63) is 78.1 Å². The lowest BCUT2D eigenvalue weighted by Gasteiger charge is -2.34. The number of methoxy groups -OCH3 is 2. The van der Waals surface area contributed by atoms with Crippen LogP contribution in [0.25, 0.3) is 11.0 Å². The number of nitrogens with one attached hydrogen (secondary N) is 1. The summed E-state index contributed by atoms with van der Waals surface area (Å²) in [5.41, 5.74) is 1.98. The van der Waals surface area contributed by atoms with Crippen LogP contribution in [0.4, 0.5) is 10.1 Å². The van der Waals surface area contributed by atoms with Crippen molar-refractivity contribution in [3.63, 3.8) is 0 Å². The Labute approximate surface area is 231 Å². The fourth-order valence-electron chi connectivity index (χ4n) is 5.27. The number of nitrogens with zero attached hydrogens (tertiary/aromatic N) is 4. The fourth-order valence-corrected chi connectivity index (χ4v) is 5.27. The summed E-state index contributed by atoms with van der Waals surface area (Å²) in [6.07, 6.45) is 4.89. The van der Waals surface area contributed by atoms with E-state index in [-0.39, 0.29) is 24.2 Å². The second-order valence-corrected chi connectivity index (χ2v) is 9.83. The Morgan fingerprint density at radius 3 is 2.58 bits per heavy atom. The minimum Gasteiger partial charge on any atom is -0.497 e. The molecule has 0 radical (unpaired) electrons. The minimum absolute atomic E-state index is 0.0169. The predicted molar refractivity (Wildman–Crippen MR) is 149 cm³/mol. The molecular formula is C30H32FN5O4. The van der Waals surface area contributed by atoms with E-state index >= 15 is 0 Å². The molecule has 2 amide bonds. The molecule has 1 aliphatic carbocycles. The zero-order chi connectivity index (χ0) is 28.1. The maximum Gasteiger partial charge on any atom is 0.249 e. The monoisotopic (exact) mass is 545 g/mol. The highest BCUT2D eigenvalue weighted by atomic mass is 19.1. The Balaban J connectivity index is 1.61. The Hall–Kier alpha value is -4.47. The maximum absolute atomic E-state index is 14.6. The van der Waals surface area contributed by atoms with E-state index in [1.165, 1.54) is 42.0 Å². The van der Waals surface area contributed by atoms with E-state index in [0.29, 0.717) is 28.1 Å². The standard InChI is InChI=1S/C30H32FN5O4/c1-39-23-15-16-24(27(18-23)40-2)29(30(38)32-21-10-4-3-5-11-21)36(22-12-8-9-20(31)17-22)28(37)19-35-26-14-7-6-13-25(26)33-34-35/h6-9,12-18,21,29H,3-5,10-11,19H2,1-2H3,(H,32,38)/t29-/m0/s1. The largest absolute Gasteiger partial charge is 0.497 e. The number of halogens is 1. The summed E-state index contributed by atoms with van der Waals surface area (Å²) in [7, 11) is 3.02. The number of carbonyl (C=O) groups is 2. The van der Waals surface area contributed by atoms with E-state index in [9.17, 15) is 14.0 Å². The van der Waals surface area contributed by atoms with Gasteiger partial charge in [0.1, 0.15) is 35.4 Å². The maximum atomic E-state index is 14.6. The average molecular weight is 546 g/mol. The molecule has 40 heavy (non-hydrogen) atoms. The smallest absolute Gasteiger partial charge is 0.249 e. The molecule has 3 aromatic carbocycles. The van der Waals surface area contributed by atoms with Crippen LogP contribution in [-0.2, 0) is 16.1 Å². The van der Waals surface area contributed by atoms with Crippen LogP contribution in [0, 0.1) is 5.82 Å². The predicted octanol–water partition coefficient (Wildman–Crippen LogP) is 4.81. The summed E-state index contributed by atoms with van der Waals surface area (Å²) in [5.74, 6) is -0.484. The Morgan fingerprint density at radius 2 is 1.82 bits per heavy atom. The third kappa shape index (κ3) is 5.75. The molecule has 1 aromatic heterocycles. The normalized spacial score (nSPS) is 14.5. The first-order valence-corrected chi connectivity index (χ1v) is 13.4. The van der Waals surface area contributed by atoms with Gasteiger partial charge in [-0.2, -0.15) is 0 Å². The van der Waals surface area contributed by atoms with Crippen molar-refractivity contribution in [3.8, 4) is 11.5 Å². The second kappa shape index (κ2) is 12.1. The number of amides is 2. The topological polar surface area (TPSA) is 98.6 Å². The number of fused-ring (bicyclic) bond motifs is 1. The molecule has 0 unspecified atom stereocenters. The summed E-state index contributed by atoms with van der Waals surface area (Å²) < 4.78 is 27.1. The van der Waals surface area contributed by atoms with Gasteiger partial charge in [-0.3, -0.25) is 14.5 Å². The lowest BCUT2D eigenvalue weighted by molar-refractivity contribution is -0.127. The SMILES string of the molecule is COc1ccc([C@@H](C(=O)NC2CCCCC2)N(C(=O)Cn2nnc3ccccc32)c2cccc(F)c2)c(OC)c1. The highest BCUT2D eigenvalue weighted by molar-refractivity contribution is 6.02. The zero-order valence-corrected chi connectivity index (χ0v) is 22.5. The van der Waals surface area contributed by atoms with E-state index < -0.39 is 17.8 Å². The highest BCUT2D eigenvalue weighted by Gasteiger charge is 2.36. The van der Waals surface area contributed by atoms with Gasteiger partial charge in [0.2, 0.25) is 11.8 Å². The number of aromatic nitrogens is 3. The van der Waals surface area contributed by atoms with E-state index in [2.05, 4.69) is 15.6 Å². The summed E-state index contributed by atoms with van der Waals surface area (Å²) in [5, 5.41) is 11.5. The molecule has 208 valence electrons. The van der Waals surface area contributed by atoms with Crippen LogP contribution in [-0.4, -0.2) is 47.1 Å². The Kier molecular flexibility index (Phi) is 8.23. The van der Waals surface area contributed by atoms with Gasteiger partial charge in [-0.1, -0.05) is 42.7 Å². The van der Waals surface area contributed by atoms with Crippen molar-refractivity contribution in [2.75, 3.05) is 19.1 Å². The molecule has 9 nitrogen and oxygen atoms in total. The van der Waals surface area contributed by atoms with E-state index in [0.717, 1.165) is 32.1 Å². The quantitative estimate of drug-likeness (QED) is 0.324. The first-order valence-electron chi connectivity index (χ1n) is 13.4. The van der Waals surface area contributed by atoms with Gasteiger partial charge in [-0.15, -0.1) is 5.10 Å². The van der Waals surface area contributed by atoms with E-state index in [4.69, 9.17) is 9.47 Å². The summed E-state index contributed by atoms with van der Waals surface area (Å²) in [4.78, 5) is 29.6. The average Bonchev–Trinajstić information content (AvgIpc) is 3.38. The summed E-state index contributed by atoms with van der Waals surface area (Å²) >= 11 is 0. The second-order valence-electron chi connectivity index (χ2n) is 9.83. The molecule has 5 rings (SSSR count). The van der Waals surface area contributed by atoms with Gasteiger partial charge >= 0.3 is 0 Å². The fraction of sp³-hybridized carbons (Fsp3) is 0.333.